The summed E-state index contributed by atoms with van der Waals surface area (Å²) in [7, 11) is 5.47. The second-order valence-electron chi connectivity index (χ2n) is 15.8. The summed E-state index contributed by atoms with van der Waals surface area (Å²) in [5, 5.41) is 29.2. The Bertz CT molecular complexity index is 1730. The van der Waals surface area contributed by atoms with E-state index in [1.54, 1.807) is 31.5 Å². The minimum atomic E-state index is -0.898. The highest BCUT2D eigenvalue weighted by Crippen LogP contribution is 2.61. The molecular formula is C41H55N5O6. The number of pyridine rings is 1. The minimum absolute atomic E-state index is 0.0397. The number of ether oxygens (including phenoxy) is 1. The van der Waals surface area contributed by atoms with Crippen molar-refractivity contribution in [2.75, 3.05) is 39.3 Å². The van der Waals surface area contributed by atoms with Crippen molar-refractivity contribution in [2.45, 2.75) is 77.8 Å². The molecule has 0 unspecified atom stereocenters. The Morgan fingerprint density at radius 1 is 1.13 bits per heavy atom. The molecule has 3 aromatic rings. The number of methoxy groups -OCH3 is 1. The molecule has 3 aliphatic carbocycles. The molecule has 2 bridgehead atoms. The average Bonchev–Trinajstić information content (AvgIpc) is 3.51. The molecule has 2 amide bonds. The number of aliphatic hydroxyl groups is 2. The third-order valence-corrected chi connectivity index (χ3v) is 12.1. The lowest BCUT2D eigenvalue weighted by atomic mass is 9.45. The molecule has 4 N–H and O–H groups in total. The number of hydroxylamine groups is 2. The number of fused-ring (bicyclic) bond motifs is 2. The molecule has 1 aromatic heterocycles. The molecule has 11 nitrogen and oxygen atoms in total. The van der Waals surface area contributed by atoms with Crippen LogP contribution in [0.25, 0.3) is 11.1 Å². The van der Waals surface area contributed by atoms with Crippen LogP contribution in [-0.4, -0.2) is 90.7 Å². The van der Waals surface area contributed by atoms with Gasteiger partial charge in [0, 0.05) is 67.4 Å². The number of aliphatic hydroxyl groups excluding tert-OH is 2. The van der Waals surface area contributed by atoms with E-state index < -0.39 is 24.2 Å². The number of amides is 2. The highest BCUT2D eigenvalue weighted by molar-refractivity contribution is 5.97. The van der Waals surface area contributed by atoms with Gasteiger partial charge in [0.15, 0.2) is 0 Å². The van der Waals surface area contributed by atoms with Gasteiger partial charge in [-0.2, -0.15) is 5.06 Å². The molecule has 2 aromatic carbocycles. The van der Waals surface area contributed by atoms with Crippen molar-refractivity contribution in [2.24, 2.45) is 29.1 Å². The quantitative estimate of drug-likeness (QED) is 0.203. The Kier molecular flexibility index (Phi) is 11.3. The molecule has 0 radical (unpaired) electrons. The molecule has 1 aliphatic heterocycles. The fourth-order valence-electron chi connectivity index (χ4n) is 8.96. The van der Waals surface area contributed by atoms with Crippen LogP contribution >= 0.6 is 0 Å². The third kappa shape index (κ3) is 7.42. The van der Waals surface area contributed by atoms with Crippen molar-refractivity contribution < 1.29 is 29.4 Å². The maximum absolute atomic E-state index is 14.2. The van der Waals surface area contributed by atoms with Gasteiger partial charge in [-0.3, -0.25) is 19.4 Å². The predicted molar refractivity (Wildman–Crippen MR) is 201 cm³/mol. The maximum atomic E-state index is 14.2. The van der Waals surface area contributed by atoms with Crippen molar-refractivity contribution in [1.82, 2.24) is 20.7 Å². The minimum Gasteiger partial charge on any atom is -0.496 e. The number of aromatic nitrogens is 1. The summed E-state index contributed by atoms with van der Waals surface area (Å²) >= 11 is 0. The summed E-state index contributed by atoms with van der Waals surface area (Å²) in [6.07, 6.45) is 4.66. The maximum Gasteiger partial charge on any atom is 0.251 e. The van der Waals surface area contributed by atoms with Crippen LogP contribution in [0.4, 0.5) is 5.69 Å². The van der Waals surface area contributed by atoms with E-state index in [1.165, 1.54) is 6.42 Å². The number of para-hydroxylation sites is 1. The van der Waals surface area contributed by atoms with Gasteiger partial charge >= 0.3 is 0 Å². The van der Waals surface area contributed by atoms with E-state index >= 15 is 0 Å². The van der Waals surface area contributed by atoms with E-state index in [9.17, 15) is 19.8 Å². The third-order valence-electron chi connectivity index (χ3n) is 12.1. The lowest BCUT2D eigenvalue weighted by Gasteiger charge is -2.62. The highest BCUT2D eigenvalue weighted by Gasteiger charge is 2.57. The molecule has 4 fully saturated rings. The van der Waals surface area contributed by atoms with E-state index in [0.717, 1.165) is 34.4 Å². The number of hydrogen-bond donors (Lipinski definition) is 4. The summed E-state index contributed by atoms with van der Waals surface area (Å²) < 4.78 is 6.05. The zero-order valence-electron chi connectivity index (χ0n) is 31.5. The first-order chi connectivity index (χ1) is 24.8. The normalized spacial score (nSPS) is 27.0. The number of benzene rings is 2. The van der Waals surface area contributed by atoms with Crippen LogP contribution in [0.5, 0.6) is 5.75 Å². The molecule has 280 valence electrons. The summed E-state index contributed by atoms with van der Waals surface area (Å²) in [4.78, 5) is 39.9. The van der Waals surface area contributed by atoms with Gasteiger partial charge in [-0.25, -0.2) is 0 Å². The lowest BCUT2D eigenvalue weighted by Crippen LogP contribution is -2.62. The molecule has 1 saturated heterocycles. The Morgan fingerprint density at radius 3 is 2.52 bits per heavy atom. The van der Waals surface area contributed by atoms with Gasteiger partial charge in [-0.15, -0.1) is 0 Å². The smallest absolute Gasteiger partial charge is 0.251 e. The van der Waals surface area contributed by atoms with Gasteiger partial charge in [0.25, 0.3) is 5.91 Å². The average molecular weight is 714 g/mol. The Hall–Kier alpha value is -4.03. The van der Waals surface area contributed by atoms with Crippen LogP contribution < -0.4 is 20.3 Å². The number of rotatable bonds is 13. The van der Waals surface area contributed by atoms with Crippen molar-refractivity contribution in [3.05, 3.63) is 77.6 Å². The van der Waals surface area contributed by atoms with Crippen LogP contribution in [0, 0.1) is 29.1 Å². The number of carbonyl (C=O) groups is 2. The fraction of sp³-hybridized carbons (Fsp3) is 0.537. The first-order valence-corrected chi connectivity index (χ1v) is 18.5. The summed E-state index contributed by atoms with van der Waals surface area (Å²) in [6, 6.07) is 14.6. The molecule has 4 aliphatic rings. The highest BCUT2D eigenvalue weighted by atomic mass is 16.7. The second kappa shape index (κ2) is 15.5. The molecule has 7 rings (SSSR count). The Labute approximate surface area is 307 Å². The molecule has 52 heavy (non-hydrogen) atoms. The molecule has 2 heterocycles. The van der Waals surface area contributed by atoms with E-state index in [4.69, 9.17) is 9.57 Å². The molecule has 3 saturated carbocycles. The molecule has 0 spiro atoms. The zero-order valence-corrected chi connectivity index (χ0v) is 31.5. The standard InChI is InChI=1S/C41H55N5O6/c1-24-33-20-30(41(33,3)4)21-34(24)44-40(50)37-36(25(2)48)35(23-47)52-46(37)22-27-9-8-10-32(38(27)51-7)28-17-29(19-31(18-28)45(5)6)39(49)43-16-13-26-11-14-42-15-12-26/h8-12,14-15,17-19,24-25,30,33-37,47-48H,13,16,20-23H2,1-7H3,(H,43,49)(H,44,50)/t24-,25-,30-,33+,34-,35-,36-,37-/m0/s1. The topological polar surface area (TPSA) is 136 Å². The zero-order chi connectivity index (χ0) is 37.3. The number of nitrogens with zero attached hydrogens (tertiary/aromatic N) is 3. The summed E-state index contributed by atoms with van der Waals surface area (Å²) in [5.74, 6) is 1.02. The van der Waals surface area contributed by atoms with Gasteiger partial charge in [0.05, 0.1) is 26.4 Å². The van der Waals surface area contributed by atoms with Crippen LogP contribution in [0.3, 0.4) is 0 Å². The van der Waals surface area contributed by atoms with Crippen LogP contribution in [0.2, 0.25) is 0 Å². The monoisotopic (exact) mass is 713 g/mol. The molecule has 8 atom stereocenters. The van der Waals surface area contributed by atoms with Crippen LogP contribution in [0.1, 0.15) is 62.0 Å². The van der Waals surface area contributed by atoms with Gasteiger partial charge in [-0.05, 0) is 90.8 Å². The summed E-state index contributed by atoms with van der Waals surface area (Å²) in [5.41, 5.74) is 5.08. The van der Waals surface area contributed by atoms with Crippen molar-refractivity contribution in [3.63, 3.8) is 0 Å². The number of anilines is 1. The molecule has 11 heteroatoms. The summed E-state index contributed by atoms with van der Waals surface area (Å²) in [6.45, 7) is 8.86. The van der Waals surface area contributed by atoms with Crippen molar-refractivity contribution in [3.8, 4) is 16.9 Å². The largest absolute Gasteiger partial charge is 0.496 e. The van der Waals surface area contributed by atoms with E-state index in [0.29, 0.717) is 42.0 Å². The van der Waals surface area contributed by atoms with Gasteiger partial charge in [-0.1, -0.05) is 39.0 Å². The SMILES string of the molecule is COc1c(CN2O[C@@H](CO)[C@H]([C@H](C)O)[C@H]2C(=O)N[C@H]2C[C@@H]3C[C@H]([C@@H]2C)C3(C)C)cccc1-c1cc(C(=O)NCCc2ccncc2)cc(N(C)C)c1. The number of nitrogens with one attached hydrogen (secondary N) is 2. The van der Waals surface area contributed by atoms with Crippen molar-refractivity contribution >= 4 is 17.5 Å². The van der Waals surface area contributed by atoms with Gasteiger partial charge in [0.1, 0.15) is 17.9 Å². The second-order valence-corrected chi connectivity index (χ2v) is 15.8. The predicted octanol–water partition coefficient (Wildman–Crippen LogP) is 4.46. The first kappa shape index (κ1) is 37.7. The lowest BCUT2D eigenvalue weighted by molar-refractivity contribution is -0.183. The number of carbonyl (C=O) groups excluding carboxylic acids is 2. The van der Waals surface area contributed by atoms with E-state index in [1.807, 2.05) is 67.5 Å². The Morgan fingerprint density at radius 2 is 1.88 bits per heavy atom. The molecular weight excluding hydrogens is 658 g/mol. The van der Waals surface area contributed by atoms with Gasteiger partial charge < -0.3 is 30.5 Å². The van der Waals surface area contributed by atoms with Crippen molar-refractivity contribution in [1.29, 1.82) is 0 Å². The number of hydrogen-bond acceptors (Lipinski definition) is 9. The van der Waals surface area contributed by atoms with Crippen LogP contribution in [0.15, 0.2) is 60.9 Å². The van der Waals surface area contributed by atoms with Gasteiger partial charge in [0.2, 0.25) is 5.91 Å². The first-order valence-electron chi connectivity index (χ1n) is 18.5. The van der Waals surface area contributed by atoms with E-state index in [-0.39, 0.29) is 36.4 Å². The van der Waals surface area contributed by atoms with Crippen LogP contribution in [-0.2, 0) is 22.6 Å². The van der Waals surface area contributed by atoms with E-state index in [2.05, 4.69) is 36.4 Å². The Balaban J connectivity index is 1.26. The fourth-order valence-corrected chi connectivity index (χ4v) is 8.96.